The number of rotatable bonds is 5. The first-order valence-corrected chi connectivity index (χ1v) is 10.7. The van der Waals surface area contributed by atoms with E-state index in [2.05, 4.69) is 34.5 Å². The van der Waals surface area contributed by atoms with Crippen LogP contribution < -0.4 is 5.32 Å². The molecule has 2 fully saturated rings. The van der Waals surface area contributed by atoms with Crippen LogP contribution in [-0.4, -0.2) is 79.3 Å². The maximum atomic E-state index is 11.6. The Morgan fingerprint density at radius 3 is 2.31 bits per heavy atom. The highest BCUT2D eigenvalue weighted by molar-refractivity contribution is 7.91. The molecule has 1 aromatic carbocycles. The second kappa shape index (κ2) is 10.0. The Labute approximate surface area is 154 Å². The second-order valence-electron chi connectivity index (χ2n) is 6.87. The molecule has 7 nitrogen and oxygen atoms in total. The van der Waals surface area contributed by atoms with E-state index in [4.69, 9.17) is 9.90 Å². The maximum Gasteiger partial charge on any atom is 0.290 e. The Morgan fingerprint density at radius 2 is 1.77 bits per heavy atom. The second-order valence-corrected chi connectivity index (χ2v) is 9.03. The number of likely N-dealkylation sites (tertiary alicyclic amines) is 1. The minimum absolute atomic E-state index is 0.0718. The first kappa shape index (κ1) is 20.8. The largest absolute Gasteiger partial charge is 0.483 e. The fraction of sp³-hybridized carbons (Fsp3) is 0.611. The summed E-state index contributed by atoms with van der Waals surface area (Å²) in [6, 6.07) is 10.5. The van der Waals surface area contributed by atoms with Gasteiger partial charge in [-0.05, 0) is 37.9 Å². The van der Waals surface area contributed by atoms with Crippen molar-refractivity contribution in [1.82, 2.24) is 10.2 Å². The Bertz CT molecular complexity index is 645. The summed E-state index contributed by atoms with van der Waals surface area (Å²) in [7, 11) is -3.07. The predicted molar refractivity (Wildman–Crippen MR) is 99.9 cm³/mol. The fourth-order valence-corrected chi connectivity index (χ4v) is 5.30. The average molecular weight is 384 g/mol. The molecule has 8 heteroatoms. The van der Waals surface area contributed by atoms with Crippen LogP contribution in [0.15, 0.2) is 30.3 Å². The van der Waals surface area contributed by atoms with Crippen molar-refractivity contribution >= 4 is 16.3 Å². The minimum atomic E-state index is -3.07. The maximum absolute atomic E-state index is 11.6. The number of carboxylic acid groups (broad SMARTS) is 1. The molecule has 0 radical (unpaired) electrons. The van der Waals surface area contributed by atoms with Gasteiger partial charge in [-0.2, -0.15) is 0 Å². The summed E-state index contributed by atoms with van der Waals surface area (Å²) in [6.07, 6.45) is 2.34. The van der Waals surface area contributed by atoms with Crippen LogP contribution in [0.1, 0.15) is 18.4 Å². The number of hydrogen-bond donors (Lipinski definition) is 3. The molecule has 0 aromatic heterocycles. The lowest BCUT2D eigenvalue weighted by Gasteiger charge is -2.34. The van der Waals surface area contributed by atoms with Crippen molar-refractivity contribution in [2.45, 2.75) is 37.5 Å². The molecule has 3 rings (SSSR count). The Hall–Kier alpha value is -1.48. The summed E-state index contributed by atoms with van der Waals surface area (Å²) in [5, 5.41) is 20.1. The van der Waals surface area contributed by atoms with Gasteiger partial charge in [0.25, 0.3) is 6.47 Å². The molecule has 2 heterocycles. The van der Waals surface area contributed by atoms with E-state index in [1.807, 2.05) is 6.07 Å². The SMILES string of the molecule is O=CO.O=S1(=O)C[C@@H](O)[C@H](NC2CCN(CCc3ccccc3)CC2)C1. The van der Waals surface area contributed by atoms with Crippen LogP contribution in [0.4, 0.5) is 0 Å². The molecule has 2 aliphatic heterocycles. The lowest BCUT2D eigenvalue weighted by molar-refractivity contribution is -0.122. The van der Waals surface area contributed by atoms with Crippen molar-refractivity contribution in [2.24, 2.45) is 0 Å². The van der Waals surface area contributed by atoms with Gasteiger partial charge in [-0.25, -0.2) is 8.42 Å². The molecule has 2 saturated heterocycles. The lowest BCUT2D eigenvalue weighted by Crippen LogP contribution is -2.50. The number of aliphatic hydroxyl groups excluding tert-OH is 1. The molecular formula is C18H28N2O5S. The van der Waals surface area contributed by atoms with E-state index >= 15 is 0 Å². The average Bonchev–Trinajstić information content (AvgIpc) is 2.87. The van der Waals surface area contributed by atoms with E-state index in [0.717, 1.165) is 38.9 Å². The molecule has 1 aromatic rings. The normalized spacial score (nSPS) is 26.0. The van der Waals surface area contributed by atoms with Crippen LogP contribution in [-0.2, 0) is 21.1 Å². The number of benzene rings is 1. The summed E-state index contributed by atoms with van der Waals surface area (Å²) < 4.78 is 23.1. The van der Waals surface area contributed by atoms with E-state index in [1.54, 1.807) is 0 Å². The third-order valence-corrected chi connectivity index (χ3v) is 6.64. The molecule has 2 aliphatic rings. The first-order chi connectivity index (χ1) is 12.4. The third-order valence-electron chi connectivity index (χ3n) is 4.92. The van der Waals surface area contributed by atoms with Gasteiger partial charge >= 0.3 is 0 Å². The molecule has 0 aliphatic carbocycles. The van der Waals surface area contributed by atoms with Crippen LogP contribution in [0, 0.1) is 0 Å². The summed E-state index contributed by atoms with van der Waals surface area (Å²) in [4.78, 5) is 10.8. The summed E-state index contributed by atoms with van der Waals surface area (Å²) >= 11 is 0. The van der Waals surface area contributed by atoms with Crippen LogP contribution in [0.2, 0.25) is 0 Å². The molecule has 2 atom stereocenters. The van der Waals surface area contributed by atoms with Gasteiger partial charge in [0.2, 0.25) is 0 Å². The van der Waals surface area contributed by atoms with E-state index < -0.39 is 15.9 Å². The van der Waals surface area contributed by atoms with Gasteiger partial charge in [-0.1, -0.05) is 30.3 Å². The van der Waals surface area contributed by atoms with Crippen LogP contribution >= 0.6 is 0 Å². The van der Waals surface area contributed by atoms with E-state index in [0.29, 0.717) is 6.04 Å². The molecule has 0 saturated carbocycles. The zero-order chi connectivity index (χ0) is 19.0. The standard InChI is InChI=1S/C17H26N2O3S.CH2O2/c20-17-13-23(21,22)12-16(17)18-15-7-10-19(11-8-15)9-6-14-4-2-1-3-5-14;2-1-3/h1-5,15-18,20H,6-13H2;1H,(H,2,3)/t16-,17-;/m1./s1. The van der Waals surface area contributed by atoms with Crippen molar-refractivity contribution in [3.63, 3.8) is 0 Å². The van der Waals surface area contributed by atoms with E-state index in [1.165, 1.54) is 5.56 Å². The van der Waals surface area contributed by atoms with Crippen molar-refractivity contribution < 1.29 is 23.4 Å². The number of hydrogen-bond acceptors (Lipinski definition) is 6. The number of sulfone groups is 1. The number of aliphatic hydroxyl groups is 1. The van der Waals surface area contributed by atoms with Crippen LogP contribution in [0.25, 0.3) is 0 Å². The predicted octanol–water partition coefficient (Wildman–Crippen LogP) is 0.142. The quantitative estimate of drug-likeness (QED) is 0.620. The van der Waals surface area contributed by atoms with Gasteiger partial charge in [0.05, 0.1) is 17.6 Å². The topological polar surface area (TPSA) is 107 Å². The fourth-order valence-electron chi connectivity index (χ4n) is 3.55. The van der Waals surface area contributed by atoms with Crippen molar-refractivity contribution in [1.29, 1.82) is 0 Å². The van der Waals surface area contributed by atoms with Gasteiger partial charge in [0.15, 0.2) is 9.84 Å². The molecule has 0 spiro atoms. The highest BCUT2D eigenvalue weighted by Gasteiger charge is 2.37. The van der Waals surface area contributed by atoms with Gasteiger partial charge in [0.1, 0.15) is 0 Å². The molecule has 146 valence electrons. The summed E-state index contributed by atoms with van der Waals surface area (Å²) in [5.74, 6) is -0.0248. The molecule has 3 N–H and O–H groups in total. The zero-order valence-electron chi connectivity index (χ0n) is 14.8. The molecule has 0 bridgehead atoms. The van der Waals surface area contributed by atoms with E-state index in [-0.39, 0.29) is 24.0 Å². The number of carbonyl (C=O) groups is 1. The van der Waals surface area contributed by atoms with Gasteiger partial charge in [0, 0.05) is 18.6 Å². The Morgan fingerprint density at radius 1 is 1.15 bits per heavy atom. The Kier molecular flexibility index (Phi) is 8.02. The molecule has 0 amide bonds. The lowest BCUT2D eigenvalue weighted by atomic mass is 10.0. The van der Waals surface area contributed by atoms with Crippen molar-refractivity contribution in [3.8, 4) is 0 Å². The number of piperidine rings is 1. The minimum Gasteiger partial charge on any atom is -0.483 e. The summed E-state index contributed by atoms with van der Waals surface area (Å²) in [5.41, 5.74) is 1.37. The molecular weight excluding hydrogens is 356 g/mol. The molecule has 26 heavy (non-hydrogen) atoms. The number of nitrogens with one attached hydrogen (secondary N) is 1. The zero-order valence-corrected chi connectivity index (χ0v) is 15.6. The monoisotopic (exact) mass is 384 g/mol. The Balaban J connectivity index is 0.000000758. The van der Waals surface area contributed by atoms with Gasteiger partial charge < -0.3 is 20.4 Å². The highest BCUT2D eigenvalue weighted by atomic mass is 32.2. The van der Waals surface area contributed by atoms with Gasteiger partial charge in [-0.15, -0.1) is 0 Å². The third kappa shape index (κ3) is 6.68. The van der Waals surface area contributed by atoms with Gasteiger partial charge in [-0.3, -0.25) is 4.79 Å². The molecule has 0 unspecified atom stereocenters. The summed E-state index contributed by atoms with van der Waals surface area (Å²) in [6.45, 7) is 2.87. The van der Waals surface area contributed by atoms with Crippen molar-refractivity contribution in [3.05, 3.63) is 35.9 Å². The number of nitrogens with zero attached hydrogens (tertiary/aromatic N) is 1. The van der Waals surface area contributed by atoms with E-state index in [9.17, 15) is 13.5 Å². The van der Waals surface area contributed by atoms with Crippen LogP contribution in [0.5, 0.6) is 0 Å². The van der Waals surface area contributed by atoms with Crippen LogP contribution in [0.3, 0.4) is 0 Å². The highest BCUT2D eigenvalue weighted by Crippen LogP contribution is 2.17. The first-order valence-electron chi connectivity index (χ1n) is 8.92. The smallest absolute Gasteiger partial charge is 0.290 e. The van der Waals surface area contributed by atoms with Crippen molar-refractivity contribution in [2.75, 3.05) is 31.1 Å².